The molecule has 0 saturated heterocycles. The van der Waals surface area contributed by atoms with Gasteiger partial charge in [0, 0.05) is 25.0 Å². The molecule has 2 aromatic rings. The Morgan fingerprint density at radius 3 is 1.27 bits per heavy atom. The second kappa shape index (κ2) is 7.69. The van der Waals surface area contributed by atoms with Crippen LogP contribution < -0.4 is 9.47 Å². The van der Waals surface area contributed by atoms with Gasteiger partial charge in [-0.05, 0) is 73.0 Å². The third kappa shape index (κ3) is 5.28. The van der Waals surface area contributed by atoms with Crippen molar-refractivity contribution in [3.63, 3.8) is 0 Å². The third-order valence-corrected chi connectivity index (χ3v) is 2.75. The summed E-state index contributed by atoms with van der Waals surface area (Å²) < 4.78 is 10.7. The first-order valence-corrected chi connectivity index (χ1v) is 7.43. The van der Waals surface area contributed by atoms with Gasteiger partial charge >= 0.3 is 0 Å². The first kappa shape index (κ1) is 16.2. The summed E-state index contributed by atoms with van der Waals surface area (Å²) in [7, 11) is 0. The van der Waals surface area contributed by atoms with E-state index in [-0.39, 0.29) is 0 Å². The average molecular weight is 326 g/mol. The van der Waals surface area contributed by atoms with Crippen molar-refractivity contribution in [2.24, 2.45) is 0 Å². The van der Waals surface area contributed by atoms with E-state index in [9.17, 15) is 0 Å². The molecular weight excluding hydrogens is 312 g/mol. The Morgan fingerprint density at radius 2 is 1.00 bits per heavy atom. The monoisotopic (exact) mass is 326 g/mol. The van der Waals surface area contributed by atoms with Crippen LogP contribution in [0.4, 0.5) is 0 Å². The summed E-state index contributed by atoms with van der Waals surface area (Å²) in [5.41, 5.74) is 1.81. The van der Waals surface area contributed by atoms with Crippen LogP contribution in [-0.2, 0) is 0 Å². The molecule has 0 amide bonds. The number of thiocarbonyl (C=S) groups is 2. The van der Waals surface area contributed by atoms with E-state index in [2.05, 4.69) is 11.8 Å². The van der Waals surface area contributed by atoms with Crippen molar-refractivity contribution >= 4 is 34.5 Å². The van der Waals surface area contributed by atoms with E-state index in [1.54, 1.807) is 13.8 Å². The van der Waals surface area contributed by atoms with E-state index in [0.717, 1.165) is 22.6 Å². The summed E-state index contributed by atoms with van der Waals surface area (Å²) in [5, 5.41) is 0.986. The van der Waals surface area contributed by atoms with E-state index in [1.165, 1.54) is 0 Å². The molecule has 2 rings (SSSR count). The lowest BCUT2D eigenvalue weighted by Crippen LogP contribution is -1.98. The van der Waals surface area contributed by atoms with Crippen LogP contribution in [0.3, 0.4) is 0 Å². The van der Waals surface area contributed by atoms with Crippen LogP contribution in [0.1, 0.15) is 25.0 Å². The summed E-state index contributed by atoms with van der Waals surface area (Å²) in [4.78, 5) is 0. The van der Waals surface area contributed by atoms with Crippen molar-refractivity contribution in [2.75, 3.05) is 0 Å². The molecule has 0 aliphatic carbocycles. The molecule has 0 aliphatic rings. The van der Waals surface area contributed by atoms with Crippen molar-refractivity contribution < 1.29 is 9.47 Å². The molecule has 2 nitrogen and oxygen atoms in total. The Bertz CT molecular complexity index is 672. The third-order valence-electron chi connectivity index (χ3n) is 2.58. The Labute approximate surface area is 141 Å². The van der Waals surface area contributed by atoms with E-state index in [0.29, 0.717) is 10.1 Å². The molecule has 0 heterocycles. The number of benzene rings is 2. The molecule has 0 aromatic heterocycles. The van der Waals surface area contributed by atoms with Gasteiger partial charge in [-0.3, -0.25) is 0 Å². The minimum atomic E-state index is 0.493. The van der Waals surface area contributed by atoms with Crippen LogP contribution in [0.15, 0.2) is 48.5 Å². The van der Waals surface area contributed by atoms with Gasteiger partial charge in [-0.1, -0.05) is 11.8 Å². The molecule has 0 saturated carbocycles. The number of hydrogen-bond donors (Lipinski definition) is 0. The number of ether oxygens (including phenoxy) is 2. The predicted octanol–water partition coefficient (Wildman–Crippen LogP) is 4.54. The maximum Gasteiger partial charge on any atom is 0.164 e. The Hall–Kier alpha value is -2.22. The lowest BCUT2D eigenvalue weighted by atomic mass is 10.2. The number of hydrogen-bond acceptors (Lipinski definition) is 4. The van der Waals surface area contributed by atoms with Crippen molar-refractivity contribution in [2.45, 2.75) is 13.8 Å². The molecule has 0 spiro atoms. The van der Waals surface area contributed by atoms with Crippen molar-refractivity contribution in [3.05, 3.63) is 59.7 Å². The van der Waals surface area contributed by atoms with E-state index < -0.39 is 0 Å². The van der Waals surface area contributed by atoms with Crippen LogP contribution in [-0.4, -0.2) is 10.1 Å². The standard InChI is InChI=1S/C18H14O2S2/c1-13(21)19-17-9-5-15(6-10-17)3-4-16-7-11-18(12-8-16)20-14(2)22/h5-12H,1-2H3. The van der Waals surface area contributed by atoms with Crippen LogP contribution in [0.2, 0.25) is 0 Å². The first-order valence-electron chi connectivity index (χ1n) is 6.62. The van der Waals surface area contributed by atoms with E-state index in [4.69, 9.17) is 33.9 Å². The zero-order valence-electron chi connectivity index (χ0n) is 12.3. The summed E-state index contributed by atoms with van der Waals surface area (Å²) in [6.45, 7) is 3.48. The van der Waals surface area contributed by atoms with Crippen LogP contribution in [0.5, 0.6) is 11.5 Å². The van der Waals surface area contributed by atoms with Gasteiger partial charge in [0.1, 0.15) is 11.5 Å². The van der Waals surface area contributed by atoms with Gasteiger partial charge in [-0.2, -0.15) is 0 Å². The van der Waals surface area contributed by atoms with Gasteiger partial charge in [0.25, 0.3) is 0 Å². The first-order chi connectivity index (χ1) is 10.5. The molecule has 22 heavy (non-hydrogen) atoms. The molecular formula is C18H14O2S2. The van der Waals surface area contributed by atoms with Gasteiger partial charge in [-0.25, -0.2) is 0 Å². The normalized spacial score (nSPS) is 9.36. The fourth-order valence-electron chi connectivity index (χ4n) is 1.69. The Balaban J connectivity index is 2.06. The van der Waals surface area contributed by atoms with Gasteiger partial charge in [0.15, 0.2) is 10.1 Å². The SMILES string of the molecule is CC(=S)Oc1ccc(C#Cc2ccc(OC(C)=S)cc2)cc1. The molecule has 4 heteroatoms. The van der Waals surface area contributed by atoms with Gasteiger partial charge in [0.05, 0.1) is 0 Å². The lowest BCUT2D eigenvalue weighted by molar-refractivity contribution is 0.561. The van der Waals surface area contributed by atoms with E-state index in [1.807, 2.05) is 48.5 Å². The Morgan fingerprint density at radius 1 is 0.682 bits per heavy atom. The Kier molecular flexibility index (Phi) is 5.65. The summed E-state index contributed by atoms with van der Waals surface area (Å²) in [5.74, 6) is 7.63. The summed E-state index contributed by atoms with van der Waals surface area (Å²) >= 11 is 9.79. The van der Waals surface area contributed by atoms with Gasteiger partial charge < -0.3 is 9.47 Å². The molecule has 0 aliphatic heterocycles. The summed E-state index contributed by atoms with van der Waals surface area (Å²) in [6.07, 6.45) is 0. The largest absolute Gasteiger partial charge is 0.451 e. The van der Waals surface area contributed by atoms with Crippen LogP contribution >= 0.6 is 24.4 Å². The topological polar surface area (TPSA) is 18.5 Å². The van der Waals surface area contributed by atoms with Crippen LogP contribution in [0.25, 0.3) is 0 Å². The fraction of sp³-hybridized carbons (Fsp3) is 0.111. The number of rotatable bonds is 2. The zero-order valence-corrected chi connectivity index (χ0v) is 13.9. The smallest absolute Gasteiger partial charge is 0.164 e. The maximum atomic E-state index is 5.34. The quantitative estimate of drug-likeness (QED) is 0.595. The molecule has 0 N–H and O–H groups in total. The van der Waals surface area contributed by atoms with E-state index >= 15 is 0 Å². The minimum absolute atomic E-state index is 0.493. The molecule has 0 bridgehead atoms. The highest BCUT2D eigenvalue weighted by molar-refractivity contribution is 7.80. The second-order valence-corrected chi connectivity index (χ2v) is 5.64. The van der Waals surface area contributed by atoms with Gasteiger partial charge in [-0.15, -0.1) is 0 Å². The minimum Gasteiger partial charge on any atom is -0.451 e. The molecule has 0 radical (unpaired) electrons. The molecule has 0 atom stereocenters. The van der Waals surface area contributed by atoms with Gasteiger partial charge in [0.2, 0.25) is 0 Å². The zero-order chi connectivity index (χ0) is 15.9. The highest BCUT2D eigenvalue weighted by Crippen LogP contribution is 2.14. The summed E-state index contributed by atoms with van der Waals surface area (Å²) in [6, 6.07) is 15.0. The lowest BCUT2D eigenvalue weighted by Gasteiger charge is -2.02. The molecule has 0 fully saturated rings. The molecule has 110 valence electrons. The second-order valence-electron chi connectivity index (χ2n) is 4.49. The average Bonchev–Trinajstić information content (AvgIpc) is 2.47. The maximum absolute atomic E-state index is 5.34. The fourth-order valence-corrected chi connectivity index (χ4v) is 1.88. The highest BCUT2D eigenvalue weighted by atomic mass is 32.1. The molecule has 0 unspecified atom stereocenters. The van der Waals surface area contributed by atoms with Crippen molar-refractivity contribution in [3.8, 4) is 23.3 Å². The van der Waals surface area contributed by atoms with Crippen LogP contribution in [0, 0.1) is 11.8 Å². The van der Waals surface area contributed by atoms with Crippen molar-refractivity contribution in [1.29, 1.82) is 0 Å². The highest BCUT2D eigenvalue weighted by Gasteiger charge is 1.96. The predicted molar refractivity (Wildman–Crippen MR) is 96.7 cm³/mol. The molecule has 2 aromatic carbocycles. The van der Waals surface area contributed by atoms with Crippen molar-refractivity contribution in [1.82, 2.24) is 0 Å².